The van der Waals surface area contributed by atoms with E-state index in [1.165, 1.54) is 0 Å². The van der Waals surface area contributed by atoms with Crippen molar-refractivity contribution in [3.05, 3.63) is 76.9 Å². The smallest absolute Gasteiger partial charge is 0.276 e. The molecule has 6 aromatic rings. The van der Waals surface area contributed by atoms with Crippen LogP contribution >= 0.6 is 0 Å². The molecule has 6 N–H and O–H groups in total. The molecule has 0 spiro atoms. The van der Waals surface area contributed by atoms with Crippen molar-refractivity contribution in [1.82, 2.24) is 44.0 Å². The van der Waals surface area contributed by atoms with Crippen LogP contribution in [-0.2, 0) is 31.0 Å². The Kier molecular flexibility index (Phi) is 11.9. The Balaban J connectivity index is 0.00000561. The monoisotopic (exact) mass is 737 g/mol. The van der Waals surface area contributed by atoms with Gasteiger partial charge in [0.2, 0.25) is 23.7 Å². The molecule has 6 rings (SSSR count). The zero-order valence-electron chi connectivity index (χ0n) is 30.4. The van der Waals surface area contributed by atoms with Crippen molar-refractivity contribution < 1.29 is 19.2 Å². The number of aryl methyl sites for hydroxylation is 6. The number of fused-ring (bicyclic) bond motifs is 2. The van der Waals surface area contributed by atoms with Gasteiger partial charge < -0.3 is 25.5 Å². The standard InChI is InChI=1S/C36H43N13O4.CH4/c1-6-48-28(17-21(3)44-48)33(52)42-35-40-25-19-23(32(37)51)13-14-26(25)46(35)15-8-9-16-47-27-12-10-11-24(39-30(50)20-38-5)31(27)41-36(47)43-34(53)29-18-22(4)45-49(29)7-2;/h10-14,17-19,38H,6-9,15-16,20H2,1-5H3,(H2,37,51)(H,39,50)(H,40,42,52)(H,41,43,53);1H4. The van der Waals surface area contributed by atoms with Crippen LogP contribution in [0.5, 0.6) is 0 Å². The van der Waals surface area contributed by atoms with Gasteiger partial charge in [-0.15, -0.1) is 0 Å². The number of nitrogens with zero attached hydrogens (tertiary/aromatic N) is 8. The highest BCUT2D eigenvalue weighted by Crippen LogP contribution is 2.28. The number of hydrogen-bond donors (Lipinski definition) is 5. The second-order valence-electron chi connectivity index (χ2n) is 12.6. The number of likely N-dealkylation sites (N-methyl/N-ethyl adjacent to an activating group) is 1. The van der Waals surface area contributed by atoms with Gasteiger partial charge in [0.1, 0.15) is 16.9 Å². The molecule has 4 amide bonds. The van der Waals surface area contributed by atoms with Crippen LogP contribution in [-0.4, -0.2) is 75.9 Å². The highest BCUT2D eigenvalue weighted by molar-refractivity contribution is 6.05. The van der Waals surface area contributed by atoms with Crippen molar-refractivity contribution in [3.8, 4) is 0 Å². The van der Waals surface area contributed by atoms with Gasteiger partial charge in [0.05, 0.1) is 40.2 Å². The number of para-hydroxylation sites is 1. The SMILES string of the molecule is C.CCn1nc(C)cc1C(=O)Nc1nc2cc(C(N)=O)ccc2n1CCCCn1c(NC(=O)c2cc(C)nn2CC)nc2c(NC(=O)CNC)cccc21. The molecule has 0 aliphatic carbocycles. The first-order valence-electron chi connectivity index (χ1n) is 17.5. The van der Waals surface area contributed by atoms with Gasteiger partial charge >= 0.3 is 0 Å². The van der Waals surface area contributed by atoms with Gasteiger partial charge in [-0.3, -0.25) is 39.2 Å². The van der Waals surface area contributed by atoms with Gasteiger partial charge in [0.15, 0.2) is 0 Å². The summed E-state index contributed by atoms with van der Waals surface area (Å²) >= 11 is 0. The molecule has 0 saturated heterocycles. The molecule has 0 saturated carbocycles. The Bertz CT molecular complexity index is 2350. The largest absolute Gasteiger partial charge is 0.366 e. The Labute approximate surface area is 312 Å². The predicted molar refractivity (Wildman–Crippen MR) is 208 cm³/mol. The third kappa shape index (κ3) is 8.00. The molecular weight excluding hydrogens is 690 g/mol. The Morgan fingerprint density at radius 2 is 1.31 bits per heavy atom. The van der Waals surface area contributed by atoms with Crippen molar-refractivity contribution in [2.45, 2.75) is 74.1 Å². The lowest BCUT2D eigenvalue weighted by Gasteiger charge is -2.13. The maximum Gasteiger partial charge on any atom is 0.276 e. The minimum atomic E-state index is -0.580. The van der Waals surface area contributed by atoms with E-state index in [1.54, 1.807) is 52.8 Å². The summed E-state index contributed by atoms with van der Waals surface area (Å²) in [6.07, 6.45) is 1.26. The topological polar surface area (TPSA) is 214 Å². The van der Waals surface area contributed by atoms with Crippen molar-refractivity contribution >= 4 is 63.3 Å². The lowest BCUT2D eigenvalue weighted by atomic mass is 10.2. The van der Waals surface area contributed by atoms with Crippen LogP contribution in [0.3, 0.4) is 0 Å². The molecule has 0 aliphatic rings. The molecule has 54 heavy (non-hydrogen) atoms. The average Bonchev–Trinajstić information content (AvgIpc) is 3.89. The summed E-state index contributed by atoms with van der Waals surface area (Å²) in [6, 6.07) is 13.9. The Morgan fingerprint density at radius 3 is 1.87 bits per heavy atom. The van der Waals surface area contributed by atoms with E-state index in [-0.39, 0.29) is 31.7 Å². The van der Waals surface area contributed by atoms with Crippen LogP contribution < -0.4 is 27.0 Å². The van der Waals surface area contributed by atoms with Crippen molar-refractivity contribution in [2.24, 2.45) is 5.73 Å². The number of carbonyl (C=O) groups excluding carboxylic acids is 4. The molecule has 0 bridgehead atoms. The van der Waals surface area contributed by atoms with E-state index >= 15 is 0 Å². The fourth-order valence-electron chi connectivity index (χ4n) is 6.34. The highest BCUT2D eigenvalue weighted by Gasteiger charge is 2.22. The first-order valence-corrected chi connectivity index (χ1v) is 17.5. The average molecular weight is 738 g/mol. The van der Waals surface area contributed by atoms with E-state index in [0.717, 1.165) is 22.4 Å². The third-order valence-electron chi connectivity index (χ3n) is 8.76. The summed E-state index contributed by atoms with van der Waals surface area (Å²) in [5.74, 6) is -0.880. The summed E-state index contributed by atoms with van der Waals surface area (Å²) in [7, 11) is 1.69. The second-order valence-corrected chi connectivity index (χ2v) is 12.6. The van der Waals surface area contributed by atoms with E-state index < -0.39 is 5.91 Å². The maximum absolute atomic E-state index is 13.5. The number of carbonyl (C=O) groups is 4. The number of unbranched alkanes of at least 4 members (excludes halogenated alkanes) is 1. The summed E-state index contributed by atoms with van der Waals surface area (Å²) in [5, 5.41) is 20.5. The van der Waals surface area contributed by atoms with Crippen LogP contribution in [0.2, 0.25) is 0 Å². The van der Waals surface area contributed by atoms with Gasteiger partial charge in [0.25, 0.3) is 11.8 Å². The number of nitrogens with one attached hydrogen (secondary N) is 4. The third-order valence-corrected chi connectivity index (χ3v) is 8.76. The zero-order chi connectivity index (χ0) is 37.8. The molecule has 0 atom stereocenters. The number of imidazole rings is 2. The molecule has 284 valence electrons. The van der Waals surface area contributed by atoms with Gasteiger partial charge in [-0.2, -0.15) is 10.2 Å². The molecule has 0 unspecified atom stereocenters. The van der Waals surface area contributed by atoms with Gasteiger partial charge in [-0.05, 0) is 90.0 Å². The molecule has 0 aliphatic heterocycles. The molecular formula is C37H47N13O4. The quantitative estimate of drug-likeness (QED) is 0.0949. The number of nitrogens with two attached hydrogens (primary N) is 1. The number of amides is 4. The van der Waals surface area contributed by atoms with Crippen LogP contribution in [0.4, 0.5) is 17.6 Å². The predicted octanol–water partition coefficient (Wildman–Crippen LogP) is 4.31. The van der Waals surface area contributed by atoms with Crippen LogP contribution in [0, 0.1) is 13.8 Å². The number of benzene rings is 2. The number of anilines is 3. The lowest BCUT2D eigenvalue weighted by Crippen LogP contribution is -2.25. The van der Waals surface area contributed by atoms with Crippen molar-refractivity contribution in [1.29, 1.82) is 0 Å². The first kappa shape index (κ1) is 38.9. The summed E-state index contributed by atoms with van der Waals surface area (Å²) < 4.78 is 7.08. The van der Waals surface area contributed by atoms with Crippen molar-refractivity contribution in [3.63, 3.8) is 0 Å². The van der Waals surface area contributed by atoms with Gasteiger partial charge in [-0.1, -0.05) is 13.5 Å². The van der Waals surface area contributed by atoms with E-state index in [0.29, 0.717) is 84.6 Å². The lowest BCUT2D eigenvalue weighted by molar-refractivity contribution is -0.115. The molecule has 17 heteroatoms. The number of rotatable bonds is 15. The summed E-state index contributed by atoms with van der Waals surface area (Å²) in [5.41, 5.74) is 11.1. The van der Waals surface area contributed by atoms with Crippen LogP contribution in [0.15, 0.2) is 48.5 Å². The first-order chi connectivity index (χ1) is 25.5. The normalized spacial score (nSPS) is 11.1. The van der Waals surface area contributed by atoms with Gasteiger partial charge in [-0.25, -0.2) is 9.97 Å². The van der Waals surface area contributed by atoms with Crippen molar-refractivity contribution in [2.75, 3.05) is 29.5 Å². The maximum atomic E-state index is 13.5. The molecule has 2 aromatic carbocycles. The highest BCUT2D eigenvalue weighted by atomic mass is 16.2. The second kappa shape index (κ2) is 16.5. The fourth-order valence-corrected chi connectivity index (χ4v) is 6.34. The van der Waals surface area contributed by atoms with Gasteiger partial charge in [0, 0.05) is 31.7 Å². The summed E-state index contributed by atoms with van der Waals surface area (Å²) in [4.78, 5) is 60.9. The minimum Gasteiger partial charge on any atom is -0.366 e. The molecule has 17 nitrogen and oxygen atoms in total. The zero-order valence-corrected chi connectivity index (χ0v) is 30.4. The number of hydrogen-bond acceptors (Lipinski definition) is 9. The Morgan fingerprint density at radius 1 is 0.741 bits per heavy atom. The Hall–Kier alpha value is -6.36. The van der Waals surface area contributed by atoms with Crippen LogP contribution in [0.25, 0.3) is 22.1 Å². The molecule has 4 aromatic heterocycles. The van der Waals surface area contributed by atoms with E-state index in [9.17, 15) is 19.2 Å². The number of aromatic nitrogens is 8. The molecule has 0 radical (unpaired) electrons. The minimum absolute atomic E-state index is 0. The van der Waals surface area contributed by atoms with E-state index in [4.69, 9.17) is 10.7 Å². The van der Waals surface area contributed by atoms with E-state index in [1.807, 2.05) is 49.0 Å². The molecule has 4 heterocycles. The van der Waals surface area contributed by atoms with E-state index in [2.05, 4.69) is 36.4 Å². The van der Waals surface area contributed by atoms with Crippen LogP contribution in [0.1, 0.15) is 76.8 Å². The number of primary amides is 1. The summed E-state index contributed by atoms with van der Waals surface area (Å²) in [6.45, 7) is 9.56. The molecule has 0 fully saturated rings. The fraction of sp³-hybridized carbons (Fsp3) is 0.351.